The smallest absolute Gasteiger partial charge is 0.378 e. The van der Waals surface area contributed by atoms with Crippen molar-refractivity contribution >= 4 is 13.3 Å². The standard InChI is InChI=1S/C18H30NO5P/c1-3-4-5-6-7-8-9-10-11-15-25(22,23-2)24-18-14-12-13-17(16-18)19(20)21/h12-14,16H,3-11,15H2,1-2H3. The first-order chi connectivity index (χ1) is 12.0. The lowest BCUT2D eigenvalue weighted by Gasteiger charge is -2.17. The highest BCUT2D eigenvalue weighted by Crippen LogP contribution is 2.48. The van der Waals surface area contributed by atoms with Crippen LogP contribution in [0.25, 0.3) is 0 Å². The van der Waals surface area contributed by atoms with Crippen LogP contribution in [0.4, 0.5) is 5.69 Å². The summed E-state index contributed by atoms with van der Waals surface area (Å²) in [6.45, 7) is 2.21. The van der Waals surface area contributed by atoms with E-state index in [0.717, 1.165) is 19.3 Å². The van der Waals surface area contributed by atoms with Crippen molar-refractivity contribution in [1.82, 2.24) is 0 Å². The summed E-state index contributed by atoms with van der Waals surface area (Å²) in [6.07, 6.45) is 10.8. The average molecular weight is 371 g/mol. The van der Waals surface area contributed by atoms with Crippen LogP contribution in [0.5, 0.6) is 5.75 Å². The average Bonchev–Trinajstić information content (AvgIpc) is 2.60. The fourth-order valence-electron chi connectivity index (χ4n) is 2.60. The second-order valence-corrected chi connectivity index (χ2v) is 8.41. The number of nitro groups is 1. The Balaban J connectivity index is 2.33. The van der Waals surface area contributed by atoms with Gasteiger partial charge in [-0.15, -0.1) is 0 Å². The summed E-state index contributed by atoms with van der Waals surface area (Å²) in [5.74, 6) is 0.204. The molecule has 6 nitrogen and oxygen atoms in total. The van der Waals surface area contributed by atoms with E-state index in [1.54, 1.807) is 6.07 Å². The summed E-state index contributed by atoms with van der Waals surface area (Å²) in [4.78, 5) is 10.3. The Hall–Kier alpha value is -1.39. The first-order valence-electron chi connectivity index (χ1n) is 9.09. The fraction of sp³-hybridized carbons (Fsp3) is 0.667. The number of unbranched alkanes of at least 4 members (excludes halogenated alkanes) is 8. The number of hydrogen-bond donors (Lipinski definition) is 0. The van der Waals surface area contributed by atoms with Gasteiger partial charge in [0.05, 0.1) is 17.2 Å². The third-order valence-corrected chi connectivity index (χ3v) is 6.00. The van der Waals surface area contributed by atoms with Crippen molar-refractivity contribution in [3.05, 3.63) is 34.4 Å². The molecule has 1 aromatic rings. The molecule has 0 fully saturated rings. The van der Waals surface area contributed by atoms with Crippen LogP contribution in [-0.4, -0.2) is 18.2 Å². The lowest BCUT2D eigenvalue weighted by Crippen LogP contribution is -2.01. The van der Waals surface area contributed by atoms with E-state index in [1.165, 1.54) is 63.8 Å². The predicted octanol–water partition coefficient (Wildman–Crippen LogP) is 6.34. The third-order valence-electron chi connectivity index (χ3n) is 4.09. The number of hydrogen-bond acceptors (Lipinski definition) is 5. The molecule has 0 aliphatic rings. The SMILES string of the molecule is CCCCCCCCCCCP(=O)(OC)Oc1cccc([N+](=O)[O-])c1. The molecule has 142 valence electrons. The lowest BCUT2D eigenvalue weighted by molar-refractivity contribution is -0.384. The van der Waals surface area contributed by atoms with Crippen LogP contribution < -0.4 is 4.52 Å². The molecule has 0 radical (unpaired) electrons. The van der Waals surface area contributed by atoms with E-state index in [9.17, 15) is 14.7 Å². The molecule has 0 amide bonds. The Morgan fingerprint density at radius 3 is 2.20 bits per heavy atom. The predicted molar refractivity (Wildman–Crippen MR) is 100 cm³/mol. The highest BCUT2D eigenvalue weighted by atomic mass is 31.2. The number of benzene rings is 1. The normalized spacial score (nSPS) is 13.4. The van der Waals surface area contributed by atoms with Crippen LogP contribution in [0.2, 0.25) is 0 Å². The van der Waals surface area contributed by atoms with Crippen molar-refractivity contribution < 1.29 is 18.5 Å². The molecule has 0 aliphatic heterocycles. The van der Waals surface area contributed by atoms with Gasteiger partial charge in [-0.2, -0.15) is 0 Å². The van der Waals surface area contributed by atoms with Gasteiger partial charge >= 0.3 is 7.60 Å². The van der Waals surface area contributed by atoms with Gasteiger partial charge in [0, 0.05) is 13.2 Å². The summed E-state index contributed by atoms with van der Waals surface area (Å²) < 4.78 is 23.1. The summed E-state index contributed by atoms with van der Waals surface area (Å²) in [7, 11) is -1.91. The van der Waals surface area contributed by atoms with Gasteiger partial charge < -0.3 is 9.05 Å². The summed E-state index contributed by atoms with van der Waals surface area (Å²) in [6, 6.07) is 5.69. The Morgan fingerprint density at radius 2 is 1.64 bits per heavy atom. The molecule has 0 saturated carbocycles. The van der Waals surface area contributed by atoms with Gasteiger partial charge in [-0.05, 0) is 12.5 Å². The van der Waals surface area contributed by atoms with E-state index < -0.39 is 12.5 Å². The quantitative estimate of drug-likeness (QED) is 0.165. The van der Waals surface area contributed by atoms with Crippen molar-refractivity contribution in [2.24, 2.45) is 0 Å². The van der Waals surface area contributed by atoms with Crippen LogP contribution in [-0.2, 0) is 9.09 Å². The second-order valence-electron chi connectivity index (χ2n) is 6.19. The molecule has 7 heteroatoms. The molecule has 1 rings (SSSR count). The Bertz CT molecular complexity index is 564. The summed E-state index contributed by atoms with van der Waals surface area (Å²) in [5, 5.41) is 10.8. The minimum absolute atomic E-state index is 0.0942. The van der Waals surface area contributed by atoms with Crippen molar-refractivity contribution in [1.29, 1.82) is 0 Å². The zero-order chi connectivity index (χ0) is 18.5. The molecule has 0 heterocycles. The monoisotopic (exact) mass is 371 g/mol. The highest BCUT2D eigenvalue weighted by molar-refractivity contribution is 7.54. The maximum absolute atomic E-state index is 12.6. The van der Waals surface area contributed by atoms with Gasteiger partial charge in [0.2, 0.25) is 0 Å². The Morgan fingerprint density at radius 1 is 1.04 bits per heavy atom. The van der Waals surface area contributed by atoms with Gasteiger partial charge in [0.25, 0.3) is 5.69 Å². The molecular formula is C18H30NO5P. The molecule has 0 bridgehead atoms. The molecule has 1 atom stereocenters. The van der Waals surface area contributed by atoms with Gasteiger partial charge in [-0.3, -0.25) is 10.1 Å². The van der Waals surface area contributed by atoms with Crippen LogP contribution in [0, 0.1) is 10.1 Å². The van der Waals surface area contributed by atoms with Gasteiger partial charge in [-0.25, -0.2) is 4.57 Å². The molecule has 0 aliphatic carbocycles. The first kappa shape index (κ1) is 21.7. The van der Waals surface area contributed by atoms with Crippen molar-refractivity contribution in [2.45, 2.75) is 64.7 Å². The van der Waals surface area contributed by atoms with Crippen LogP contribution >= 0.6 is 7.60 Å². The summed E-state index contributed by atoms with van der Waals surface area (Å²) in [5.41, 5.74) is -0.0942. The molecule has 0 aromatic heterocycles. The third kappa shape index (κ3) is 9.03. The lowest BCUT2D eigenvalue weighted by atomic mass is 10.1. The van der Waals surface area contributed by atoms with Crippen LogP contribution in [0.15, 0.2) is 24.3 Å². The van der Waals surface area contributed by atoms with Crippen molar-refractivity contribution in [3.63, 3.8) is 0 Å². The van der Waals surface area contributed by atoms with Crippen LogP contribution in [0.3, 0.4) is 0 Å². The van der Waals surface area contributed by atoms with E-state index in [-0.39, 0.29) is 11.4 Å². The van der Waals surface area contributed by atoms with E-state index in [4.69, 9.17) is 9.05 Å². The Labute approximate surface area is 150 Å². The number of nitrogens with zero attached hydrogens (tertiary/aromatic N) is 1. The second kappa shape index (κ2) is 12.0. The minimum atomic E-state index is -3.27. The molecular weight excluding hydrogens is 341 g/mol. The summed E-state index contributed by atoms with van der Waals surface area (Å²) >= 11 is 0. The fourth-order valence-corrected chi connectivity index (χ4v) is 4.00. The number of non-ortho nitro benzene ring substituents is 1. The molecule has 0 saturated heterocycles. The molecule has 0 spiro atoms. The maximum atomic E-state index is 12.6. The van der Waals surface area contributed by atoms with Crippen LogP contribution in [0.1, 0.15) is 64.7 Å². The molecule has 1 aromatic carbocycles. The van der Waals surface area contributed by atoms with E-state index in [0.29, 0.717) is 6.16 Å². The molecule has 1 unspecified atom stereocenters. The zero-order valence-electron chi connectivity index (χ0n) is 15.3. The topological polar surface area (TPSA) is 78.7 Å². The maximum Gasteiger partial charge on any atom is 0.378 e. The van der Waals surface area contributed by atoms with Crippen molar-refractivity contribution in [3.8, 4) is 5.75 Å². The molecule has 25 heavy (non-hydrogen) atoms. The highest BCUT2D eigenvalue weighted by Gasteiger charge is 2.24. The van der Waals surface area contributed by atoms with E-state index >= 15 is 0 Å². The minimum Gasteiger partial charge on any atom is -0.424 e. The largest absolute Gasteiger partial charge is 0.424 e. The van der Waals surface area contributed by atoms with Gasteiger partial charge in [0.15, 0.2) is 0 Å². The van der Waals surface area contributed by atoms with Gasteiger partial charge in [0.1, 0.15) is 5.75 Å². The first-order valence-corrected chi connectivity index (χ1v) is 10.8. The molecule has 0 N–H and O–H groups in total. The number of nitro benzene ring substituents is 1. The van der Waals surface area contributed by atoms with Crippen molar-refractivity contribution in [2.75, 3.05) is 13.3 Å². The Kier molecular flexibility index (Phi) is 10.4. The number of rotatable bonds is 14. The van der Waals surface area contributed by atoms with E-state index in [1.807, 2.05) is 0 Å². The van der Waals surface area contributed by atoms with Gasteiger partial charge in [-0.1, -0.05) is 64.4 Å². The van der Waals surface area contributed by atoms with E-state index in [2.05, 4.69) is 6.92 Å². The zero-order valence-corrected chi connectivity index (χ0v) is 16.2.